The molecule has 0 aliphatic heterocycles. The van der Waals surface area contributed by atoms with E-state index in [9.17, 15) is 0 Å². The fourth-order valence-electron chi connectivity index (χ4n) is 3.21. The van der Waals surface area contributed by atoms with Crippen molar-refractivity contribution >= 4 is 0 Å². The van der Waals surface area contributed by atoms with Gasteiger partial charge in [-0.3, -0.25) is 4.98 Å². The van der Waals surface area contributed by atoms with Gasteiger partial charge in [-0.25, -0.2) is 0 Å². The zero-order valence-electron chi connectivity index (χ0n) is 13.7. The van der Waals surface area contributed by atoms with E-state index in [4.69, 9.17) is 4.98 Å². The Kier molecular flexibility index (Phi) is 4.85. The second-order valence-electron chi connectivity index (χ2n) is 7.51. The molecule has 1 aliphatic rings. The molecule has 20 heavy (non-hydrogen) atoms. The Morgan fingerprint density at radius 1 is 1.35 bits per heavy atom. The Morgan fingerprint density at radius 2 is 2.10 bits per heavy atom. The van der Waals surface area contributed by atoms with Gasteiger partial charge in [0, 0.05) is 23.3 Å². The summed E-state index contributed by atoms with van der Waals surface area (Å²) in [4.78, 5) is 4.69. The highest BCUT2D eigenvalue weighted by molar-refractivity contribution is 5.26. The van der Waals surface area contributed by atoms with E-state index in [1.165, 1.54) is 30.5 Å². The number of aromatic nitrogens is 1. The number of pyridine rings is 1. The van der Waals surface area contributed by atoms with E-state index in [2.05, 4.69) is 52.1 Å². The fraction of sp³-hybridized carbons (Fsp3) is 0.722. The maximum Gasteiger partial charge on any atom is 0.0469 e. The lowest BCUT2D eigenvalue weighted by Gasteiger charge is -2.34. The van der Waals surface area contributed by atoms with Gasteiger partial charge in [0.05, 0.1) is 0 Å². The Balaban J connectivity index is 2.04. The van der Waals surface area contributed by atoms with E-state index in [1.807, 2.05) is 6.20 Å². The number of nitrogens with one attached hydrogen (secondary N) is 1. The Bertz CT molecular complexity index is 433. The molecule has 1 aliphatic carbocycles. The lowest BCUT2D eigenvalue weighted by molar-refractivity contribution is 0.265. The Morgan fingerprint density at radius 3 is 2.80 bits per heavy atom. The first-order valence-electron chi connectivity index (χ1n) is 8.07. The third-order valence-corrected chi connectivity index (χ3v) is 4.73. The molecule has 2 heteroatoms. The lowest BCUT2D eigenvalue weighted by atomic mass is 9.74. The molecule has 0 radical (unpaired) electrons. The summed E-state index contributed by atoms with van der Waals surface area (Å²) in [5, 5.41) is 3.65. The van der Waals surface area contributed by atoms with Crippen LogP contribution in [0.2, 0.25) is 0 Å². The molecule has 3 unspecified atom stereocenters. The van der Waals surface area contributed by atoms with Crippen LogP contribution in [0.1, 0.15) is 64.6 Å². The molecule has 0 saturated carbocycles. The van der Waals surface area contributed by atoms with E-state index in [1.54, 1.807) is 0 Å². The number of aryl methyl sites for hydroxylation is 1. The summed E-state index contributed by atoms with van der Waals surface area (Å²) in [5.74, 6) is 1.99. The van der Waals surface area contributed by atoms with Crippen molar-refractivity contribution in [2.24, 2.45) is 11.8 Å². The first kappa shape index (κ1) is 15.5. The molecular formula is C18H30N2. The van der Waals surface area contributed by atoms with Crippen molar-refractivity contribution in [3.05, 3.63) is 29.6 Å². The van der Waals surface area contributed by atoms with Crippen LogP contribution in [0.25, 0.3) is 0 Å². The van der Waals surface area contributed by atoms with Crippen molar-refractivity contribution in [1.82, 2.24) is 10.3 Å². The first-order valence-corrected chi connectivity index (χ1v) is 8.07. The highest BCUT2D eigenvalue weighted by Crippen LogP contribution is 2.38. The summed E-state index contributed by atoms with van der Waals surface area (Å²) >= 11 is 0. The predicted octanol–water partition coefficient (Wildman–Crippen LogP) is 4.16. The number of rotatable bonds is 4. The summed E-state index contributed by atoms with van der Waals surface area (Å²) in [6.45, 7) is 12.6. The maximum atomic E-state index is 4.69. The minimum atomic E-state index is 0.205. The topological polar surface area (TPSA) is 24.9 Å². The van der Waals surface area contributed by atoms with Crippen LogP contribution in [0.4, 0.5) is 0 Å². The van der Waals surface area contributed by atoms with Crippen LogP contribution < -0.4 is 5.32 Å². The molecule has 1 aromatic heterocycles. The highest BCUT2D eigenvalue weighted by atomic mass is 14.9. The van der Waals surface area contributed by atoms with Gasteiger partial charge in [-0.2, -0.15) is 0 Å². The quantitative estimate of drug-likeness (QED) is 0.891. The Hall–Kier alpha value is -0.890. The normalized spacial score (nSPS) is 22.1. The van der Waals surface area contributed by atoms with Crippen LogP contribution in [0, 0.1) is 11.8 Å². The largest absolute Gasteiger partial charge is 0.312 e. The summed E-state index contributed by atoms with van der Waals surface area (Å²) in [5.41, 5.74) is 3.05. The van der Waals surface area contributed by atoms with E-state index in [0.29, 0.717) is 17.8 Å². The monoisotopic (exact) mass is 274 g/mol. The standard InChI is InChI=1S/C18H30N2/c1-13(12-20-18(3,4)5)14(2)16-10-6-8-15-9-7-11-19-17(15)16/h7,9,11,13-14,16,20H,6,8,10,12H2,1-5H3. The van der Waals surface area contributed by atoms with E-state index in [-0.39, 0.29) is 5.54 Å². The number of nitrogens with zero attached hydrogens (tertiary/aromatic N) is 1. The minimum Gasteiger partial charge on any atom is -0.312 e. The molecule has 1 N–H and O–H groups in total. The smallest absolute Gasteiger partial charge is 0.0469 e. The molecule has 112 valence electrons. The van der Waals surface area contributed by atoms with Crippen LogP contribution in [0.15, 0.2) is 18.3 Å². The van der Waals surface area contributed by atoms with Crippen molar-refractivity contribution in [1.29, 1.82) is 0 Å². The van der Waals surface area contributed by atoms with Gasteiger partial charge in [0.1, 0.15) is 0 Å². The number of hydrogen-bond acceptors (Lipinski definition) is 2. The van der Waals surface area contributed by atoms with Crippen molar-refractivity contribution in [3.8, 4) is 0 Å². The van der Waals surface area contributed by atoms with Crippen LogP contribution in [-0.2, 0) is 6.42 Å². The van der Waals surface area contributed by atoms with Crippen molar-refractivity contribution in [2.45, 2.75) is 65.3 Å². The molecule has 0 spiro atoms. The molecule has 0 fully saturated rings. The van der Waals surface area contributed by atoms with Gasteiger partial charge in [-0.15, -0.1) is 0 Å². The lowest BCUT2D eigenvalue weighted by Crippen LogP contribution is -2.40. The summed E-state index contributed by atoms with van der Waals surface area (Å²) in [6.07, 6.45) is 5.78. The average molecular weight is 274 g/mol. The number of hydrogen-bond donors (Lipinski definition) is 1. The molecular weight excluding hydrogens is 244 g/mol. The molecule has 0 aromatic carbocycles. The second kappa shape index (κ2) is 6.26. The summed E-state index contributed by atoms with van der Waals surface area (Å²) in [7, 11) is 0. The SMILES string of the molecule is CC(CNC(C)(C)C)C(C)C1CCCc2cccnc21. The van der Waals surface area contributed by atoms with E-state index < -0.39 is 0 Å². The van der Waals surface area contributed by atoms with Gasteiger partial charge < -0.3 is 5.32 Å². The molecule has 2 nitrogen and oxygen atoms in total. The maximum absolute atomic E-state index is 4.69. The minimum absolute atomic E-state index is 0.205. The third kappa shape index (κ3) is 3.82. The third-order valence-electron chi connectivity index (χ3n) is 4.73. The summed E-state index contributed by atoms with van der Waals surface area (Å²) < 4.78 is 0. The summed E-state index contributed by atoms with van der Waals surface area (Å²) in [6, 6.07) is 4.34. The van der Waals surface area contributed by atoms with Crippen molar-refractivity contribution in [3.63, 3.8) is 0 Å². The molecule has 1 aromatic rings. The zero-order valence-corrected chi connectivity index (χ0v) is 13.7. The van der Waals surface area contributed by atoms with Crippen molar-refractivity contribution in [2.75, 3.05) is 6.54 Å². The molecule has 0 amide bonds. The fourth-order valence-corrected chi connectivity index (χ4v) is 3.21. The van der Waals surface area contributed by atoms with Crippen LogP contribution >= 0.6 is 0 Å². The Labute approximate surface area is 124 Å². The van der Waals surface area contributed by atoms with Crippen LogP contribution in [-0.4, -0.2) is 17.1 Å². The number of fused-ring (bicyclic) bond motifs is 1. The van der Waals surface area contributed by atoms with Gasteiger partial charge in [-0.1, -0.05) is 19.9 Å². The second-order valence-corrected chi connectivity index (χ2v) is 7.51. The van der Waals surface area contributed by atoms with Gasteiger partial charge >= 0.3 is 0 Å². The van der Waals surface area contributed by atoms with Crippen LogP contribution in [0.3, 0.4) is 0 Å². The molecule has 1 heterocycles. The van der Waals surface area contributed by atoms with Gasteiger partial charge in [0.2, 0.25) is 0 Å². The highest BCUT2D eigenvalue weighted by Gasteiger charge is 2.29. The predicted molar refractivity (Wildman–Crippen MR) is 86.0 cm³/mol. The van der Waals surface area contributed by atoms with Gasteiger partial charge in [0.15, 0.2) is 0 Å². The molecule has 2 rings (SSSR count). The van der Waals surface area contributed by atoms with E-state index >= 15 is 0 Å². The molecule has 0 bridgehead atoms. The molecule has 0 saturated heterocycles. The average Bonchev–Trinajstić information content (AvgIpc) is 2.42. The van der Waals surface area contributed by atoms with Crippen LogP contribution in [0.5, 0.6) is 0 Å². The first-order chi connectivity index (χ1) is 9.38. The van der Waals surface area contributed by atoms with Gasteiger partial charge in [-0.05, 0) is 70.0 Å². The molecule has 3 atom stereocenters. The van der Waals surface area contributed by atoms with Crippen molar-refractivity contribution < 1.29 is 0 Å². The van der Waals surface area contributed by atoms with Gasteiger partial charge in [0.25, 0.3) is 0 Å². The zero-order chi connectivity index (χ0) is 14.8. The van der Waals surface area contributed by atoms with E-state index in [0.717, 1.165) is 6.54 Å².